The monoisotopic (exact) mass is 246 g/mol. The van der Waals surface area contributed by atoms with Crippen LogP contribution < -0.4 is 0 Å². The minimum atomic E-state index is -2.93. The molecule has 5 heteroatoms. The highest BCUT2D eigenvalue weighted by Gasteiger charge is 2.10. The Hall–Kier alpha value is -0.680. The van der Waals surface area contributed by atoms with E-state index in [-0.39, 0.29) is 17.3 Å². The molecule has 0 aliphatic heterocycles. The predicted molar refractivity (Wildman–Crippen MR) is 62.2 cm³/mol. The molecular formula is C10H14O3S2. The van der Waals surface area contributed by atoms with Crippen LogP contribution in [0.2, 0.25) is 0 Å². The minimum absolute atomic E-state index is 0.0382. The van der Waals surface area contributed by atoms with Crippen molar-refractivity contribution in [1.82, 2.24) is 0 Å². The molecule has 0 saturated heterocycles. The van der Waals surface area contributed by atoms with Crippen molar-refractivity contribution < 1.29 is 13.2 Å². The topological polar surface area (TPSA) is 51.2 Å². The summed E-state index contributed by atoms with van der Waals surface area (Å²) < 4.78 is 22.3. The largest absolute Gasteiger partial charge is 0.293 e. The van der Waals surface area contributed by atoms with Gasteiger partial charge in [-0.2, -0.15) is 0 Å². The number of hydrogen-bond acceptors (Lipinski definition) is 4. The van der Waals surface area contributed by atoms with Crippen LogP contribution in [0.5, 0.6) is 0 Å². The predicted octanol–water partition coefficient (Wildman–Crippen LogP) is 2.15. The van der Waals surface area contributed by atoms with Crippen LogP contribution in [0.4, 0.5) is 0 Å². The summed E-state index contributed by atoms with van der Waals surface area (Å²) in [5.74, 6) is 0.303. The zero-order valence-electron chi connectivity index (χ0n) is 8.60. The van der Waals surface area contributed by atoms with Gasteiger partial charge < -0.3 is 0 Å². The number of Topliss-reactive ketones (excluding diaryl/α,β-unsaturated/α-hetero) is 1. The van der Waals surface area contributed by atoms with Gasteiger partial charge in [-0.15, -0.1) is 11.3 Å². The van der Waals surface area contributed by atoms with E-state index in [4.69, 9.17) is 0 Å². The van der Waals surface area contributed by atoms with Crippen molar-refractivity contribution in [2.45, 2.75) is 19.8 Å². The summed E-state index contributed by atoms with van der Waals surface area (Å²) in [7, 11) is -2.93. The highest BCUT2D eigenvalue weighted by molar-refractivity contribution is 7.91. The quantitative estimate of drug-likeness (QED) is 0.723. The highest BCUT2D eigenvalue weighted by atomic mass is 32.2. The SMILES string of the molecule is CCS(=O)(=O)CCCC(=O)c1cccs1. The molecule has 0 aromatic carbocycles. The number of sulfone groups is 1. The van der Waals surface area contributed by atoms with E-state index in [1.165, 1.54) is 11.3 Å². The van der Waals surface area contributed by atoms with E-state index in [1.807, 2.05) is 11.4 Å². The Labute approximate surface area is 94.0 Å². The van der Waals surface area contributed by atoms with Gasteiger partial charge in [-0.25, -0.2) is 8.42 Å². The van der Waals surface area contributed by atoms with E-state index in [9.17, 15) is 13.2 Å². The third-order valence-corrected chi connectivity index (χ3v) is 4.80. The first-order chi connectivity index (χ1) is 7.05. The van der Waals surface area contributed by atoms with Gasteiger partial charge >= 0.3 is 0 Å². The Kier molecular flexibility index (Phi) is 4.47. The Morgan fingerprint density at radius 2 is 2.20 bits per heavy atom. The third kappa shape index (κ3) is 4.13. The summed E-state index contributed by atoms with van der Waals surface area (Å²) in [5.41, 5.74) is 0. The number of thiophene rings is 1. The summed E-state index contributed by atoms with van der Waals surface area (Å²) in [6.07, 6.45) is 0.743. The molecular weight excluding hydrogens is 232 g/mol. The summed E-state index contributed by atoms with van der Waals surface area (Å²) in [4.78, 5) is 12.2. The van der Waals surface area contributed by atoms with Gasteiger partial charge in [0.2, 0.25) is 0 Å². The second kappa shape index (κ2) is 5.42. The van der Waals surface area contributed by atoms with E-state index < -0.39 is 9.84 Å². The summed E-state index contributed by atoms with van der Waals surface area (Å²) in [6.45, 7) is 1.62. The lowest BCUT2D eigenvalue weighted by Crippen LogP contribution is -2.10. The van der Waals surface area contributed by atoms with Crippen molar-refractivity contribution in [2.75, 3.05) is 11.5 Å². The lowest BCUT2D eigenvalue weighted by Gasteiger charge is -1.99. The fraction of sp³-hybridized carbons (Fsp3) is 0.500. The molecule has 0 unspecified atom stereocenters. The molecule has 0 aliphatic rings. The van der Waals surface area contributed by atoms with Crippen LogP contribution in [-0.2, 0) is 9.84 Å². The van der Waals surface area contributed by atoms with E-state index >= 15 is 0 Å². The number of hydrogen-bond donors (Lipinski definition) is 0. The molecule has 0 radical (unpaired) electrons. The molecule has 84 valence electrons. The molecule has 0 atom stereocenters. The molecule has 1 aromatic rings. The maximum atomic E-state index is 11.5. The van der Waals surface area contributed by atoms with Gasteiger partial charge in [-0.1, -0.05) is 13.0 Å². The molecule has 0 N–H and O–H groups in total. The van der Waals surface area contributed by atoms with E-state index in [2.05, 4.69) is 0 Å². The van der Waals surface area contributed by atoms with E-state index in [0.29, 0.717) is 17.7 Å². The molecule has 0 aliphatic carbocycles. The average molecular weight is 246 g/mol. The number of rotatable bonds is 6. The summed E-state index contributed by atoms with van der Waals surface area (Å²) >= 11 is 1.40. The summed E-state index contributed by atoms with van der Waals surface area (Å²) in [6, 6.07) is 3.59. The molecule has 1 aromatic heterocycles. The molecule has 0 spiro atoms. The van der Waals surface area contributed by atoms with Crippen LogP contribution in [0.3, 0.4) is 0 Å². The zero-order chi connectivity index (χ0) is 11.3. The van der Waals surface area contributed by atoms with Crippen LogP contribution in [0.1, 0.15) is 29.4 Å². The Morgan fingerprint density at radius 1 is 1.47 bits per heavy atom. The van der Waals surface area contributed by atoms with Crippen LogP contribution in [0.15, 0.2) is 17.5 Å². The maximum Gasteiger partial charge on any atom is 0.172 e. The van der Waals surface area contributed by atoms with Crippen LogP contribution in [0.25, 0.3) is 0 Å². The Bertz CT molecular complexity index is 404. The van der Waals surface area contributed by atoms with Gasteiger partial charge in [0.05, 0.1) is 10.6 Å². The normalized spacial score (nSPS) is 11.5. The number of ketones is 1. The first-order valence-electron chi connectivity index (χ1n) is 4.82. The van der Waals surface area contributed by atoms with Crippen molar-refractivity contribution in [2.24, 2.45) is 0 Å². The van der Waals surface area contributed by atoms with Crippen molar-refractivity contribution in [3.05, 3.63) is 22.4 Å². The molecule has 1 rings (SSSR count). The van der Waals surface area contributed by atoms with Crippen LogP contribution >= 0.6 is 11.3 Å². The lowest BCUT2D eigenvalue weighted by atomic mass is 10.2. The van der Waals surface area contributed by atoms with Gasteiger partial charge in [0, 0.05) is 12.2 Å². The van der Waals surface area contributed by atoms with E-state index in [0.717, 1.165) is 0 Å². The average Bonchev–Trinajstić information content (AvgIpc) is 2.70. The minimum Gasteiger partial charge on any atom is -0.293 e. The standard InChI is InChI=1S/C10H14O3S2/c1-2-15(12,13)8-4-5-9(11)10-6-3-7-14-10/h3,6-7H,2,4-5,8H2,1H3. The molecule has 0 bridgehead atoms. The fourth-order valence-corrected chi connectivity index (χ4v) is 2.72. The van der Waals surface area contributed by atoms with Gasteiger partial charge in [0.15, 0.2) is 5.78 Å². The smallest absolute Gasteiger partial charge is 0.172 e. The second-order valence-electron chi connectivity index (χ2n) is 3.24. The van der Waals surface area contributed by atoms with Crippen molar-refractivity contribution in [1.29, 1.82) is 0 Å². The maximum absolute atomic E-state index is 11.5. The molecule has 0 amide bonds. The molecule has 0 saturated carbocycles. The number of carbonyl (C=O) groups is 1. The first kappa shape index (κ1) is 12.4. The van der Waals surface area contributed by atoms with Crippen molar-refractivity contribution in [3.8, 4) is 0 Å². The lowest BCUT2D eigenvalue weighted by molar-refractivity contribution is 0.0986. The highest BCUT2D eigenvalue weighted by Crippen LogP contribution is 2.12. The fourth-order valence-electron chi connectivity index (χ4n) is 1.16. The van der Waals surface area contributed by atoms with Gasteiger partial charge in [0.1, 0.15) is 9.84 Å². The second-order valence-corrected chi connectivity index (χ2v) is 6.66. The Morgan fingerprint density at radius 3 is 2.73 bits per heavy atom. The molecule has 1 heterocycles. The van der Waals surface area contributed by atoms with Gasteiger partial charge in [-0.3, -0.25) is 4.79 Å². The van der Waals surface area contributed by atoms with Crippen molar-refractivity contribution in [3.63, 3.8) is 0 Å². The molecule has 3 nitrogen and oxygen atoms in total. The third-order valence-electron chi connectivity index (χ3n) is 2.10. The summed E-state index contributed by atoms with van der Waals surface area (Å²) in [5, 5.41) is 1.84. The van der Waals surface area contributed by atoms with Crippen LogP contribution in [0, 0.1) is 0 Å². The van der Waals surface area contributed by atoms with Crippen LogP contribution in [-0.4, -0.2) is 25.7 Å². The zero-order valence-corrected chi connectivity index (χ0v) is 10.2. The molecule has 15 heavy (non-hydrogen) atoms. The number of carbonyl (C=O) groups excluding carboxylic acids is 1. The Balaban J connectivity index is 2.36. The van der Waals surface area contributed by atoms with E-state index in [1.54, 1.807) is 13.0 Å². The first-order valence-corrected chi connectivity index (χ1v) is 7.52. The molecule has 0 fully saturated rings. The van der Waals surface area contributed by atoms with Gasteiger partial charge in [0.25, 0.3) is 0 Å². The van der Waals surface area contributed by atoms with Crippen molar-refractivity contribution >= 4 is 27.0 Å². The van der Waals surface area contributed by atoms with Gasteiger partial charge in [-0.05, 0) is 17.9 Å².